The Morgan fingerprint density at radius 2 is 2.06 bits per heavy atom. The molecule has 0 saturated heterocycles. The van der Waals surface area contributed by atoms with Gasteiger partial charge < -0.3 is 5.73 Å². The molecule has 1 aromatic heterocycles. The van der Waals surface area contributed by atoms with Crippen molar-refractivity contribution in [3.8, 4) is 11.4 Å². The Morgan fingerprint density at radius 1 is 1.31 bits per heavy atom. The Labute approximate surface area is 94.9 Å². The number of nitrogens with two attached hydrogens (primary N) is 1. The molecule has 0 bridgehead atoms. The maximum Gasteiger partial charge on any atom is 0.181 e. The third-order valence-corrected chi connectivity index (χ3v) is 2.60. The van der Waals surface area contributed by atoms with Gasteiger partial charge >= 0.3 is 0 Å². The van der Waals surface area contributed by atoms with Gasteiger partial charge in [-0.15, -0.1) is 0 Å². The summed E-state index contributed by atoms with van der Waals surface area (Å²) in [4.78, 5) is 4.48. The zero-order valence-electron chi connectivity index (χ0n) is 9.35. The fourth-order valence-electron chi connectivity index (χ4n) is 1.60. The lowest BCUT2D eigenvalue weighted by Gasteiger charge is -2.03. The fraction of sp³-hybridized carbons (Fsp3) is 0.333. The summed E-state index contributed by atoms with van der Waals surface area (Å²) in [5.74, 6) is 1.98. The first-order chi connectivity index (χ1) is 7.81. The number of H-pyrrole nitrogens is 1. The van der Waals surface area contributed by atoms with Crippen LogP contribution in [0.25, 0.3) is 11.4 Å². The minimum Gasteiger partial charge on any atom is -0.330 e. The van der Waals surface area contributed by atoms with Gasteiger partial charge in [0.15, 0.2) is 5.82 Å². The molecule has 0 fully saturated rings. The van der Waals surface area contributed by atoms with Gasteiger partial charge in [0.2, 0.25) is 0 Å². The van der Waals surface area contributed by atoms with Crippen molar-refractivity contribution in [3.63, 3.8) is 0 Å². The van der Waals surface area contributed by atoms with Crippen LogP contribution in [0.1, 0.15) is 25.1 Å². The molecule has 0 spiro atoms. The Balaban J connectivity index is 2.20. The van der Waals surface area contributed by atoms with E-state index in [1.54, 1.807) is 0 Å². The van der Waals surface area contributed by atoms with Crippen LogP contribution >= 0.6 is 0 Å². The molecule has 16 heavy (non-hydrogen) atoms. The van der Waals surface area contributed by atoms with Crippen molar-refractivity contribution >= 4 is 0 Å². The van der Waals surface area contributed by atoms with E-state index < -0.39 is 0 Å². The molecule has 3 N–H and O–H groups in total. The van der Waals surface area contributed by atoms with Crippen LogP contribution in [0.15, 0.2) is 30.3 Å². The first-order valence-electron chi connectivity index (χ1n) is 5.49. The van der Waals surface area contributed by atoms with E-state index in [1.807, 2.05) is 30.3 Å². The number of hydrogen-bond acceptors (Lipinski definition) is 3. The van der Waals surface area contributed by atoms with Gasteiger partial charge in [-0.05, 0) is 13.0 Å². The Kier molecular flexibility index (Phi) is 3.31. The van der Waals surface area contributed by atoms with Gasteiger partial charge in [-0.3, -0.25) is 5.10 Å². The summed E-state index contributed by atoms with van der Waals surface area (Å²) in [6.07, 6.45) is 0.920. The monoisotopic (exact) mass is 216 g/mol. The quantitative estimate of drug-likeness (QED) is 0.820. The predicted octanol–water partition coefficient (Wildman–Crippen LogP) is 1.92. The van der Waals surface area contributed by atoms with Crippen molar-refractivity contribution in [1.29, 1.82) is 0 Å². The van der Waals surface area contributed by atoms with Crippen LogP contribution < -0.4 is 5.73 Å². The molecule has 1 atom stereocenters. The largest absolute Gasteiger partial charge is 0.330 e. The van der Waals surface area contributed by atoms with Crippen molar-refractivity contribution < 1.29 is 0 Å². The highest BCUT2D eigenvalue weighted by molar-refractivity contribution is 5.53. The summed E-state index contributed by atoms with van der Waals surface area (Å²) in [5, 5.41) is 7.18. The normalized spacial score (nSPS) is 12.6. The van der Waals surface area contributed by atoms with E-state index in [9.17, 15) is 0 Å². The minimum atomic E-state index is 0.329. The average molecular weight is 216 g/mol. The molecule has 0 aliphatic heterocycles. The molecule has 0 aliphatic rings. The number of nitrogens with one attached hydrogen (secondary N) is 1. The lowest BCUT2D eigenvalue weighted by Crippen LogP contribution is -2.05. The molecule has 0 radical (unpaired) electrons. The zero-order valence-corrected chi connectivity index (χ0v) is 9.35. The molecular weight excluding hydrogens is 200 g/mol. The van der Waals surface area contributed by atoms with Gasteiger partial charge in [-0.1, -0.05) is 37.3 Å². The second kappa shape index (κ2) is 4.90. The molecule has 84 valence electrons. The molecule has 1 unspecified atom stereocenters. The number of benzene rings is 1. The van der Waals surface area contributed by atoms with Gasteiger partial charge in [0.05, 0.1) is 0 Å². The molecule has 4 heteroatoms. The molecule has 0 saturated carbocycles. The molecule has 1 aromatic carbocycles. The molecule has 0 aliphatic carbocycles. The number of hydrogen-bond donors (Lipinski definition) is 2. The number of rotatable bonds is 4. The first-order valence-corrected chi connectivity index (χ1v) is 5.49. The lowest BCUT2D eigenvalue weighted by atomic mass is 10.1. The van der Waals surface area contributed by atoms with E-state index in [-0.39, 0.29) is 0 Å². The number of nitrogens with zero attached hydrogens (tertiary/aromatic N) is 2. The van der Waals surface area contributed by atoms with Crippen LogP contribution in [0.3, 0.4) is 0 Å². The first kappa shape index (κ1) is 10.8. The van der Waals surface area contributed by atoms with E-state index in [0.717, 1.165) is 23.6 Å². The van der Waals surface area contributed by atoms with Gasteiger partial charge in [-0.2, -0.15) is 5.10 Å². The Bertz CT molecular complexity index is 435. The summed E-state index contributed by atoms with van der Waals surface area (Å²) in [6.45, 7) is 2.77. The van der Waals surface area contributed by atoms with E-state index >= 15 is 0 Å². The van der Waals surface area contributed by atoms with Crippen molar-refractivity contribution in [1.82, 2.24) is 15.2 Å². The van der Waals surface area contributed by atoms with Crippen molar-refractivity contribution in [2.24, 2.45) is 5.73 Å². The van der Waals surface area contributed by atoms with Crippen LogP contribution in [0.5, 0.6) is 0 Å². The van der Waals surface area contributed by atoms with Crippen LogP contribution in [-0.4, -0.2) is 21.7 Å². The summed E-state index contributed by atoms with van der Waals surface area (Å²) < 4.78 is 0. The second-order valence-electron chi connectivity index (χ2n) is 3.89. The number of aromatic nitrogens is 3. The molecule has 1 heterocycles. The molecular formula is C12H16N4. The highest BCUT2D eigenvalue weighted by atomic mass is 15.2. The van der Waals surface area contributed by atoms with E-state index in [1.165, 1.54) is 0 Å². The van der Waals surface area contributed by atoms with Crippen molar-refractivity contribution in [2.45, 2.75) is 19.3 Å². The summed E-state index contributed by atoms with van der Waals surface area (Å²) in [6, 6.07) is 9.94. The maximum absolute atomic E-state index is 5.52. The van der Waals surface area contributed by atoms with E-state index in [4.69, 9.17) is 5.73 Å². The Hall–Kier alpha value is -1.68. The fourth-order valence-corrected chi connectivity index (χ4v) is 1.60. The Morgan fingerprint density at radius 3 is 2.75 bits per heavy atom. The summed E-state index contributed by atoms with van der Waals surface area (Å²) >= 11 is 0. The SMILES string of the molecule is CC(CCN)c1nc(-c2ccccc2)n[nH]1. The van der Waals surface area contributed by atoms with Gasteiger partial charge in [-0.25, -0.2) is 4.98 Å². The zero-order chi connectivity index (χ0) is 11.4. The summed E-state index contributed by atoms with van der Waals surface area (Å²) in [5.41, 5.74) is 6.55. The maximum atomic E-state index is 5.52. The van der Waals surface area contributed by atoms with E-state index in [2.05, 4.69) is 22.1 Å². The molecule has 4 nitrogen and oxygen atoms in total. The lowest BCUT2D eigenvalue weighted by molar-refractivity contribution is 0.650. The van der Waals surface area contributed by atoms with Gasteiger partial charge in [0.1, 0.15) is 5.82 Å². The van der Waals surface area contributed by atoms with E-state index in [0.29, 0.717) is 12.5 Å². The topological polar surface area (TPSA) is 67.6 Å². The summed E-state index contributed by atoms with van der Waals surface area (Å²) in [7, 11) is 0. The predicted molar refractivity (Wildman–Crippen MR) is 63.9 cm³/mol. The molecule has 2 aromatic rings. The third-order valence-electron chi connectivity index (χ3n) is 2.60. The average Bonchev–Trinajstić information content (AvgIpc) is 2.80. The van der Waals surface area contributed by atoms with Gasteiger partial charge in [0, 0.05) is 11.5 Å². The second-order valence-corrected chi connectivity index (χ2v) is 3.89. The van der Waals surface area contributed by atoms with Crippen LogP contribution in [-0.2, 0) is 0 Å². The van der Waals surface area contributed by atoms with Crippen LogP contribution in [0.4, 0.5) is 0 Å². The van der Waals surface area contributed by atoms with Crippen LogP contribution in [0, 0.1) is 0 Å². The molecule has 0 amide bonds. The van der Waals surface area contributed by atoms with Crippen molar-refractivity contribution in [2.75, 3.05) is 6.54 Å². The van der Waals surface area contributed by atoms with Gasteiger partial charge in [0.25, 0.3) is 0 Å². The smallest absolute Gasteiger partial charge is 0.181 e. The minimum absolute atomic E-state index is 0.329. The van der Waals surface area contributed by atoms with Crippen molar-refractivity contribution in [3.05, 3.63) is 36.2 Å². The standard InChI is InChI=1S/C12H16N4/c1-9(7-8-13)11-14-12(16-15-11)10-5-3-2-4-6-10/h2-6,9H,7-8,13H2,1H3,(H,14,15,16). The third kappa shape index (κ3) is 2.28. The molecule has 2 rings (SSSR count). The number of aromatic amines is 1. The highest BCUT2D eigenvalue weighted by Gasteiger charge is 2.10. The van der Waals surface area contributed by atoms with Crippen LogP contribution in [0.2, 0.25) is 0 Å². The highest BCUT2D eigenvalue weighted by Crippen LogP contribution is 2.18.